The molecule has 0 amide bonds. The topological polar surface area (TPSA) is 33.4 Å². The van der Waals surface area contributed by atoms with E-state index in [1.165, 1.54) is 5.56 Å². The molecule has 62 valence electrons. The summed E-state index contributed by atoms with van der Waals surface area (Å²) in [5.74, 6) is 0. The maximum Gasteiger partial charge on any atom is 0.134 e. The van der Waals surface area contributed by atoms with E-state index in [1.54, 1.807) is 6.26 Å². The van der Waals surface area contributed by atoms with Crippen LogP contribution in [0, 0.1) is 6.92 Å². The minimum Gasteiger partial charge on any atom is -0.464 e. The van der Waals surface area contributed by atoms with Crippen LogP contribution in [0.1, 0.15) is 11.1 Å². The number of benzene rings is 1. The van der Waals surface area contributed by atoms with Crippen LogP contribution in [0.25, 0.3) is 11.0 Å². The predicted molar refractivity (Wildman–Crippen MR) is 46.9 cm³/mol. The smallest absolute Gasteiger partial charge is 0.134 e. The fourth-order valence-electron chi connectivity index (χ4n) is 1.31. The fourth-order valence-corrected chi connectivity index (χ4v) is 1.31. The van der Waals surface area contributed by atoms with Crippen LogP contribution in [0.4, 0.5) is 0 Å². The summed E-state index contributed by atoms with van der Waals surface area (Å²) in [6.07, 6.45) is 1.60. The third-order valence-electron chi connectivity index (χ3n) is 1.98. The maximum absolute atomic E-state index is 8.93. The van der Waals surface area contributed by atoms with E-state index in [0.29, 0.717) is 0 Å². The zero-order valence-corrected chi connectivity index (χ0v) is 6.87. The molecular formula is C10H10O2. The summed E-state index contributed by atoms with van der Waals surface area (Å²) < 4.78 is 5.26. The standard InChI is InChI=1S/C10H10O2/c1-7-2-3-9-8(5-11)6-12-10(9)4-7/h2-4,6,11H,5H2,1H3. The molecule has 1 heterocycles. The molecule has 0 aliphatic carbocycles. The van der Waals surface area contributed by atoms with E-state index in [2.05, 4.69) is 0 Å². The third-order valence-corrected chi connectivity index (χ3v) is 1.98. The summed E-state index contributed by atoms with van der Waals surface area (Å²) in [6.45, 7) is 2.05. The lowest BCUT2D eigenvalue weighted by Gasteiger charge is -1.92. The monoisotopic (exact) mass is 162 g/mol. The second-order valence-corrected chi connectivity index (χ2v) is 2.92. The van der Waals surface area contributed by atoms with Gasteiger partial charge in [-0.15, -0.1) is 0 Å². The average molecular weight is 162 g/mol. The van der Waals surface area contributed by atoms with Crippen LogP contribution in [0.5, 0.6) is 0 Å². The van der Waals surface area contributed by atoms with Crippen molar-refractivity contribution < 1.29 is 9.52 Å². The zero-order valence-electron chi connectivity index (χ0n) is 6.87. The molecule has 0 spiro atoms. The number of hydrogen-bond acceptors (Lipinski definition) is 2. The predicted octanol–water partition coefficient (Wildman–Crippen LogP) is 2.23. The first-order valence-corrected chi connectivity index (χ1v) is 3.89. The lowest BCUT2D eigenvalue weighted by molar-refractivity contribution is 0.282. The summed E-state index contributed by atoms with van der Waals surface area (Å²) in [4.78, 5) is 0. The summed E-state index contributed by atoms with van der Waals surface area (Å²) in [5.41, 5.74) is 2.87. The fraction of sp³-hybridized carbons (Fsp3) is 0.200. The Morgan fingerprint density at radius 3 is 3.00 bits per heavy atom. The molecule has 2 heteroatoms. The second kappa shape index (κ2) is 2.64. The highest BCUT2D eigenvalue weighted by Gasteiger charge is 2.03. The molecule has 0 atom stereocenters. The van der Waals surface area contributed by atoms with E-state index in [1.807, 2.05) is 25.1 Å². The zero-order chi connectivity index (χ0) is 8.55. The van der Waals surface area contributed by atoms with Gasteiger partial charge >= 0.3 is 0 Å². The van der Waals surface area contributed by atoms with Crippen LogP contribution in [0.15, 0.2) is 28.9 Å². The van der Waals surface area contributed by atoms with Crippen molar-refractivity contribution in [1.29, 1.82) is 0 Å². The molecule has 2 rings (SSSR count). The number of aliphatic hydroxyl groups is 1. The molecule has 1 aromatic carbocycles. The molecule has 0 saturated carbocycles. The van der Waals surface area contributed by atoms with Crippen molar-refractivity contribution in [2.24, 2.45) is 0 Å². The molecule has 12 heavy (non-hydrogen) atoms. The van der Waals surface area contributed by atoms with Crippen LogP contribution in [-0.2, 0) is 6.61 Å². The number of rotatable bonds is 1. The van der Waals surface area contributed by atoms with Crippen molar-refractivity contribution >= 4 is 11.0 Å². The average Bonchev–Trinajstić information content (AvgIpc) is 2.46. The van der Waals surface area contributed by atoms with E-state index in [4.69, 9.17) is 9.52 Å². The number of furan rings is 1. The van der Waals surface area contributed by atoms with Gasteiger partial charge in [0.1, 0.15) is 5.58 Å². The Morgan fingerprint density at radius 1 is 1.42 bits per heavy atom. The highest BCUT2D eigenvalue weighted by Crippen LogP contribution is 2.21. The van der Waals surface area contributed by atoms with Gasteiger partial charge in [-0.2, -0.15) is 0 Å². The van der Waals surface area contributed by atoms with Crippen LogP contribution in [-0.4, -0.2) is 5.11 Å². The Labute approximate surface area is 70.4 Å². The molecule has 0 bridgehead atoms. The number of fused-ring (bicyclic) bond motifs is 1. The Morgan fingerprint density at radius 2 is 2.25 bits per heavy atom. The molecule has 2 nitrogen and oxygen atoms in total. The third kappa shape index (κ3) is 1.01. The number of aliphatic hydroxyl groups excluding tert-OH is 1. The highest BCUT2D eigenvalue weighted by molar-refractivity contribution is 5.81. The molecule has 0 fully saturated rings. The molecule has 1 N–H and O–H groups in total. The molecule has 1 aromatic heterocycles. The quantitative estimate of drug-likeness (QED) is 0.697. The summed E-state index contributed by atoms with van der Waals surface area (Å²) in [5, 5.41) is 9.94. The minimum atomic E-state index is 0.0378. The normalized spacial score (nSPS) is 10.8. The molecule has 0 aliphatic rings. The first-order chi connectivity index (χ1) is 5.81. The second-order valence-electron chi connectivity index (χ2n) is 2.92. The van der Waals surface area contributed by atoms with E-state index < -0.39 is 0 Å². The Kier molecular flexibility index (Phi) is 1.62. The number of aryl methyl sites for hydroxylation is 1. The van der Waals surface area contributed by atoms with Gasteiger partial charge in [0.15, 0.2) is 0 Å². The van der Waals surface area contributed by atoms with E-state index in [0.717, 1.165) is 16.5 Å². The van der Waals surface area contributed by atoms with Crippen molar-refractivity contribution in [3.05, 3.63) is 35.6 Å². The van der Waals surface area contributed by atoms with Crippen LogP contribution in [0.3, 0.4) is 0 Å². The van der Waals surface area contributed by atoms with Crippen molar-refractivity contribution in [1.82, 2.24) is 0 Å². The van der Waals surface area contributed by atoms with E-state index >= 15 is 0 Å². The summed E-state index contributed by atoms with van der Waals surface area (Å²) >= 11 is 0. The van der Waals surface area contributed by atoms with Gasteiger partial charge in [-0.25, -0.2) is 0 Å². The van der Waals surface area contributed by atoms with Gasteiger partial charge in [0.2, 0.25) is 0 Å². The van der Waals surface area contributed by atoms with E-state index in [9.17, 15) is 0 Å². The highest BCUT2D eigenvalue weighted by atomic mass is 16.3. The lowest BCUT2D eigenvalue weighted by Crippen LogP contribution is -1.78. The molecule has 0 aliphatic heterocycles. The molecular weight excluding hydrogens is 152 g/mol. The van der Waals surface area contributed by atoms with Gasteiger partial charge in [-0.3, -0.25) is 0 Å². The number of hydrogen-bond donors (Lipinski definition) is 1. The summed E-state index contributed by atoms with van der Waals surface area (Å²) in [7, 11) is 0. The SMILES string of the molecule is Cc1ccc2c(CO)coc2c1. The van der Waals surface area contributed by atoms with Crippen molar-refractivity contribution in [2.75, 3.05) is 0 Å². The molecule has 0 radical (unpaired) electrons. The Balaban J connectivity index is 2.73. The van der Waals surface area contributed by atoms with Crippen molar-refractivity contribution in [2.45, 2.75) is 13.5 Å². The minimum absolute atomic E-state index is 0.0378. The molecule has 0 saturated heterocycles. The first kappa shape index (κ1) is 7.37. The Bertz CT molecular complexity index is 401. The van der Waals surface area contributed by atoms with Crippen molar-refractivity contribution in [3.8, 4) is 0 Å². The van der Waals surface area contributed by atoms with Gasteiger partial charge in [0.25, 0.3) is 0 Å². The maximum atomic E-state index is 8.93. The molecule has 0 unspecified atom stereocenters. The van der Waals surface area contributed by atoms with Gasteiger partial charge < -0.3 is 9.52 Å². The van der Waals surface area contributed by atoms with Crippen LogP contribution >= 0.6 is 0 Å². The van der Waals surface area contributed by atoms with Crippen molar-refractivity contribution in [3.63, 3.8) is 0 Å². The van der Waals surface area contributed by atoms with Crippen LogP contribution < -0.4 is 0 Å². The molecule has 2 aromatic rings. The van der Waals surface area contributed by atoms with Gasteiger partial charge in [0, 0.05) is 10.9 Å². The Hall–Kier alpha value is -1.28. The van der Waals surface area contributed by atoms with Crippen LogP contribution in [0.2, 0.25) is 0 Å². The van der Waals surface area contributed by atoms with Gasteiger partial charge in [-0.1, -0.05) is 12.1 Å². The largest absolute Gasteiger partial charge is 0.464 e. The first-order valence-electron chi connectivity index (χ1n) is 3.89. The van der Waals surface area contributed by atoms with Gasteiger partial charge in [-0.05, 0) is 18.6 Å². The lowest BCUT2D eigenvalue weighted by atomic mass is 10.1. The van der Waals surface area contributed by atoms with Gasteiger partial charge in [0.05, 0.1) is 12.9 Å². The summed E-state index contributed by atoms with van der Waals surface area (Å²) in [6, 6.07) is 5.95. The van der Waals surface area contributed by atoms with E-state index in [-0.39, 0.29) is 6.61 Å².